The first-order valence-electron chi connectivity index (χ1n) is 8.00. The molecule has 2 amide bonds. The summed E-state index contributed by atoms with van der Waals surface area (Å²) in [6, 6.07) is -0.366. The first-order valence-corrected chi connectivity index (χ1v) is 8.00. The summed E-state index contributed by atoms with van der Waals surface area (Å²) < 4.78 is 0. The fraction of sp³-hybridized carbons (Fsp3) is 0.812. The van der Waals surface area contributed by atoms with E-state index < -0.39 is 5.97 Å². The minimum absolute atomic E-state index is 0.0380. The number of carboxylic acid groups (broad SMARTS) is 1. The molecule has 0 aromatic rings. The summed E-state index contributed by atoms with van der Waals surface area (Å²) in [6.07, 6.45) is 3.31. The van der Waals surface area contributed by atoms with Gasteiger partial charge in [0.05, 0.1) is 0 Å². The largest absolute Gasteiger partial charge is 0.481 e. The minimum atomic E-state index is -0.818. The average Bonchev–Trinajstić information content (AvgIpc) is 2.84. The van der Waals surface area contributed by atoms with E-state index in [4.69, 9.17) is 5.11 Å². The van der Waals surface area contributed by atoms with Crippen molar-refractivity contribution in [3.8, 4) is 0 Å². The third-order valence-corrected chi connectivity index (χ3v) is 3.67. The first kappa shape index (κ1) is 18.5. The molecule has 1 aliphatic rings. The van der Waals surface area contributed by atoms with Gasteiger partial charge in [0.1, 0.15) is 6.04 Å². The number of unbranched alkanes of at least 4 members (excludes halogenated alkanes) is 1. The Hall–Kier alpha value is -1.59. The maximum absolute atomic E-state index is 12.3. The monoisotopic (exact) mass is 312 g/mol. The van der Waals surface area contributed by atoms with E-state index in [1.54, 1.807) is 4.90 Å². The maximum Gasteiger partial charge on any atom is 0.303 e. The van der Waals surface area contributed by atoms with Gasteiger partial charge in [0.15, 0.2) is 0 Å². The van der Waals surface area contributed by atoms with Gasteiger partial charge >= 0.3 is 5.97 Å². The van der Waals surface area contributed by atoms with Crippen molar-refractivity contribution in [1.82, 2.24) is 10.2 Å². The molecule has 1 atom stereocenters. The van der Waals surface area contributed by atoms with Gasteiger partial charge in [-0.25, -0.2) is 0 Å². The van der Waals surface area contributed by atoms with Crippen LogP contribution >= 0.6 is 0 Å². The zero-order valence-electron chi connectivity index (χ0n) is 13.9. The number of nitrogens with zero attached hydrogens (tertiary/aromatic N) is 1. The molecule has 1 heterocycles. The van der Waals surface area contributed by atoms with Crippen molar-refractivity contribution in [2.45, 2.75) is 65.3 Å². The highest BCUT2D eigenvalue weighted by Gasteiger charge is 2.34. The maximum atomic E-state index is 12.3. The smallest absolute Gasteiger partial charge is 0.303 e. The third-order valence-electron chi connectivity index (χ3n) is 3.67. The fourth-order valence-electron chi connectivity index (χ4n) is 2.62. The normalized spacial score (nSPS) is 18.3. The number of carboxylic acids is 1. The minimum Gasteiger partial charge on any atom is -0.481 e. The Labute approximate surface area is 132 Å². The van der Waals surface area contributed by atoms with E-state index in [9.17, 15) is 14.4 Å². The van der Waals surface area contributed by atoms with Gasteiger partial charge in [-0.1, -0.05) is 20.8 Å². The molecule has 0 saturated carbocycles. The lowest BCUT2D eigenvalue weighted by Crippen LogP contribution is -2.46. The highest BCUT2D eigenvalue weighted by atomic mass is 16.4. The van der Waals surface area contributed by atoms with Gasteiger partial charge < -0.3 is 15.3 Å². The van der Waals surface area contributed by atoms with Crippen LogP contribution in [0.3, 0.4) is 0 Å². The van der Waals surface area contributed by atoms with Crippen molar-refractivity contribution < 1.29 is 19.5 Å². The number of nitrogens with one attached hydrogen (secondary N) is 1. The number of likely N-dealkylation sites (tertiary alicyclic amines) is 1. The summed E-state index contributed by atoms with van der Waals surface area (Å²) >= 11 is 0. The molecular formula is C16H28N2O4. The Morgan fingerprint density at radius 3 is 2.50 bits per heavy atom. The van der Waals surface area contributed by atoms with Gasteiger partial charge in [-0.2, -0.15) is 0 Å². The Balaban J connectivity index is 2.40. The van der Waals surface area contributed by atoms with Crippen LogP contribution in [0.15, 0.2) is 0 Å². The Morgan fingerprint density at radius 1 is 1.23 bits per heavy atom. The SMILES string of the molecule is CC(C)(C)CC(=O)N1CCCC1C(=O)NCCCCC(=O)O. The zero-order valence-corrected chi connectivity index (χ0v) is 13.9. The second kappa shape index (κ2) is 8.15. The second-order valence-electron chi connectivity index (χ2n) is 7.12. The molecule has 1 rings (SSSR count). The lowest BCUT2D eigenvalue weighted by Gasteiger charge is -2.27. The molecule has 126 valence electrons. The third kappa shape index (κ3) is 6.45. The quantitative estimate of drug-likeness (QED) is 0.702. The number of rotatable bonds is 7. The summed E-state index contributed by atoms with van der Waals surface area (Å²) in [4.78, 5) is 36.6. The molecule has 6 nitrogen and oxygen atoms in total. The Bertz CT molecular complexity index is 415. The van der Waals surface area contributed by atoms with E-state index in [0.717, 1.165) is 6.42 Å². The molecule has 1 aliphatic heterocycles. The fourth-order valence-corrected chi connectivity index (χ4v) is 2.62. The lowest BCUT2D eigenvalue weighted by molar-refractivity contribution is -0.139. The molecule has 0 bridgehead atoms. The van der Waals surface area contributed by atoms with Crippen LogP contribution in [-0.2, 0) is 14.4 Å². The van der Waals surface area contributed by atoms with Crippen molar-refractivity contribution in [1.29, 1.82) is 0 Å². The summed E-state index contributed by atoms with van der Waals surface area (Å²) in [5, 5.41) is 11.4. The highest BCUT2D eigenvalue weighted by Crippen LogP contribution is 2.24. The standard InChI is InChI=1S/C16H28N2O4/c1-16(2,3)11-13(19)18-10-6-7-12(18)15(22)17-9-5-4-8-14(20)21/h12H,4-11H2,1-3H3,(H,17,22)(H,20,21). The van der Waals surface area contributed by atoms with E-state index >= 15 is 0 Å². The number of carbonyl (C=O) groups is 3. The number of hydrogen-bond donors (Lipinski definition) is 2. The highest BCUT2D eigenvalue weighted by molar-refractivity contribution is 5.88. The molecule has 1 fully saturated rings. The molecule has 2 N–H and O–H groups in total. The zero-order chi connectivity index (χ0) is 16.8. The second-order valence-corrected chi connectivity index (χ2v) is 7.12. The molecule has 6 heteroatoms. The van der Waals surface area contributed by atoms with Gasteiger partial charge in [-0.3, -0.25) is 14.4 Å². The number of aliphatic carboxylic acids is 1. The van der Waals surface area contributed by atoms with Gasteiger partial charge in [0.2, 0.25) is 11.8 Å². The molecule has 22 heavy (non-hydrogen) atoms. The van der Waals surface area contributed by atoms with Crippen LogP contribution in [0.25, 0.3) is 0 Å². The molecule has 1 unspecified atom stereocenters. The van der Waals surface area contributed by atoms with Gasteiger partial charge in [-0.05, 0) is 31.1 Å². The summed E-state index contributed by atoms with van der Waals surface area (Å²) in [5.74, 6) is -0.896. The number of carbonyl (C=O) groups excluding carboxylic acids is 2. The van der Waals surface area contributed by atoms with E-state index in [-0.39, 0.29) is 29.7 Å². The van der Waals surface area contributed by atoms with Crippen molar-refractivity contribution in [3.05, 3.63) is 0 Å². The van der Waals surface area contributed by atoms with E-state index in [1.807, 2.05) is 20.8 Å². The molecule has 0 radical (unpaired) electrons. The van der Waals surface area contributed by atoms with Crippen molar-refractivity contribution in [3.63, 3.8) is 0 Å². The Kier molecular flexibility index (Phi) is 6.84. The van der Waals surface area contributed by atoms with Crippen LogP contribution in [0, 0.1) is 5.41 Å². The lowest BCUT2D eigenvalue weighted by atomic mass is 9.91. The van der Waals surface area contributed by atoms with Crippen LogP contribution < -0.4 is 5.32 Å². The van der Waals surface area contributed by atoms with E-state index in [2.05, 4.69) is 5.32 Å². The van der Waals surface area contributed by atoms with Crippen molar-refractivity contribution in [2.24, 2.45) is 5.41 Å². The molecular weight excluding hydrogens is 284 g/mol. The van der Waals surface area contributed by atoms with Crippen molar-refractivity contribution in [2.75, 3.05) is 13.1 Å². The number of amides is 2. The van der Waals surface area contributed by atoms with Crippen LogP contribution in [0.4, 0.5) is 0 Å². The van der Waals surface area contributed by atoms with Crippen LogP contribution in [0.5, 0.6) is 0 Å². The van der Waals surface area contributed by atoms with Crippen LogP contribution in [0.1, 0.15) is 59.3 Å². The van der Waals surface area contributed by atoms with Crippen molar-refractivity contribution >= 4 is 17.8 Å². The molecule has 0 spiro atoms. The van der Waals surface area contributed by atoms with E-state index in [0.29, 0.717) is 38.8 Å². The predicted octanol–water partition coefficient (Wildman–Crippen LogP) is 1.78. The summed E-state index contributed by atoms with van der Waals surface area (Å²) in [6.45, 7) is 7.14. The van der Waals surface area contributed by atoms with Gasteiger partial charge in [0.25, 0.3) is 0 Å². The number of hydrogen-bond acceptors (Lipinski definition) is 3. The summed E-state index contributed by atoms with van der Waals surface area (Å²) in [5.41, 5.74) is -0.0858. The molecule has 0 aliphatic carbocycles. The predicted molar refractivity (Wildman–Crippen MR) is 83.3 cm³/mol. The Morgan fingerprint density at radius 2 is 1.91 bits per heavy atom. The van der Waals surface area contributed by atoms with Gasteiger partial charge in [0, 0.05) is 25.9 Å². The first-order chi connectivity index (χ1) is 10.2. The van der Waals surface area contributed by atoms with Crippen LogP contribution in [-0.4, -0.2) is 46.9 Å². The molecule has 1 saturated heterocycles. The molecule has 0 aromatic carbocycles. The molecule has 0 aromatic heterocycles. The van der Waals surface area contributed by atoms with Gasteiger partial charge in [-0.15, -0.1) is 0 Å². The summed E-state index contributed by atoms with van der Waals surface area (Å²) in [7, 11) is 0. The topological polar surface area (TPSA) is 86.7 Å². The average molecular weight is 312 g/mol. The van der Waals surface area contributed by atoms with E-state index in [1.165, 1.54) is 0 Å². The van der Waals surface area contributed by atoms with Crippen LogP contribution in [0.2, 0.25) is 0 Å².